The fourth-order valence-corrected chi connectivity index (χ4v) is 2.49. The number of anilines is 2. The number of esters is 1. The number of benzene rings is 2. The zero-order valence-electron chi connectivity index (χ0n) is 15.6. The molecule has 9 nitrogen and oxygen atoms in total. The average Bonchev–Trinajstić information content (AvgIpc) is 2.65. The monoisotopic (exact) mass is 385 g/mol. The highest BCUT2D eigenvalue weighted by molar-refractivity contribution is 6.04. The first-order valence-corrected chi connectivity index (χ1v) is 8.23. The van der Waals surface area contributed by atoms with Gasteiger partial charge in [-0.25, -0.2) is 4.79 Å². The van der Waals surface area contributed by atoms with Gasteiger partial charge in [0.25, 0.3) is 11.6 Å². The van der Waals surface area contributed by atoms with Crippen LogP contribution in [-0.4, -0.2) is 43.3 Å². The smallest absolute Gasteiger partial charge is 0.341 e. The molecule has 0 radical (unpaired) electrons. The molecule has 0 heterocycles. The normalized spacial score (nSPS) is 10.1. The SMILES string of the molecule is CC(=O)c1ccccc1NC(=O)COC(=O)c1cc([N+](=O)[O-])ccc1N(C)C. The maximum atomic E-state index is 12.4. The van der Waals surface area contributed by atoms with Crippen LogP contribution in [0.25, 0.3) is 0 Å². The van der Waals surface area contributed by atoms with Gasteiger partial charge in [-0.2, -0.15) is 0 Å². The van der Waals surface area contributed by atoms with E-state index in [2.05, 4.69) is 5.32 Å². The summed E-state index contributed by atoms with van der Waals surface area (Å²) >= 11 is 0. The molecule has 0 bridgehead atoms. The van der Waals surface area contributed by atoms with E-state index in [-0.39, 0.29) is 17.0 Å². The minimum absolute atomic E-state index is 0.0314. The van der Waals surface area contributed by atoms with Gasteiger partial charge in [-0.1, -0.05) is 12.1 Å². The molecule has 1 N–H and O–H groups in total. The van der Waals surface area contributed by atoms with E-state index in [1.807, 2.05) is 0 Å². The van der Waals surface area contributed by atoms with E-state index in [1.165, 1.54) is 19.1 Å². The summed E-state index contributed by atoms with van der Waals surface area (Å²) in [4.78, 5) is 48.0. The molecule has 2 aromatic carbocycles. The van der Waals surface area contributed by atoms with Gasteiger partial charge < -0.3 is 15.0 Å². The van der Waals surface area contributed by atoms with Gasteiger partial charge in [0.1, 0.15) is 0 Å². The summed E-state index contributed by atoms with van der Waals surface area (Å²) < 4.78 is 5.00. The predicted octanol–water partition coefficient (Wildman–Crippen LogP) is 2.66. The van der Waals surface area contributed by atoms with Gasteiger partial charge >= 0.3 is 5.97 Å². The molecule has 0 atom stereocenters. The van der Waals surface area contributed by atoms with Crippen LogP contribution in [0.1, 0.15) is 27.6 Å². The zero-order valence-corrected chi connectivity index (χ0v) is 15.6. The Labute approximate surface area is 161 Å². The lowest BCUT2D eigenvalue weighted by Crippen LogP contribution is -2.23. The van der Waals surface area contributed by atoms with Crippen LogP contribution in [0.4, 0.5) is 17.1 Å². The number of amides is 1. The Kier molecular flexibility index (Phi) is 6.43. The quantitative estimate of drug-likeness (QED) is 0.337. The fraction of sp³-hybridized carbons (Fsp3) is 0.211. The third-order valence-corrected chi connectivity index (χ3v) is 3.81. The maximum absolute atomic E-state index is 12.4. The molecule has 0 saturated carbocycles. The molecule has 146 valence electrons. The van der Waals surface area contributed by atoms with E-state index in [9.17, 15) is 24.5 Å². The number of carbonyl (C=O) groups is 3. The Morgan fingerprint density at radius 2 is 1.79 bits per heavy atom. The molecule has 0 aliphatic carbocycles. The summed E-state index contributed by atoms with van der Waals surface area (Å²) in [6.07, 6.45) is 0. The minimum atomic E-state index is -0.873. The predicted molar refractivity (Wildman–Crippen MR) is 103 cm³/mol. The highest BCUT2D eigenvalue weighted by Crippen LogP contribution is 2.25. The molecule has 0 aliphatic heterocycles. The minimum Gasteiger partial charge on any atom is -0.452 e. The number of ketones is 1. The molecule has 0 spiro atoms. The van der Waals surface area contributed by atoms with E-state index in [0.29, 0.717) is 16.9 Å². The summed E-state index contributed by atoms with van der Waals surface area (Å²) in [6, 6.07) is 10.2. The lowest BCUT2D eigenvalue weighted by atomic mass is 10.1. The van der Waals surface area contributed by atoms with Gasteiger partial charge in [-0.15, -0.1) is 0 Å². The van der Waals surface area contributed by atoms with Gasteiger partial charge in [0, 0.05) is 31.8 Å². The van der Waals surface area contributed by atoms with Crippen LogP contribution in [0.3, 0.4) is 0 Å². The van der Waals surface area contributed by atoms with E-state index >= 15 is 0 Å². The van der Waals surface area contributed by atoms with E-state index in [1.54, 1.807) is 43.3 Å². The number of rotatable bonds is 7. The average molecular weight is 385 g/mol. The first-order valence-electron chi connectivity index (χ1n) is 8.23. The third kappa shape index (κ3) is 4.91. The van der Waals surface area contributed by atoms with Crippen LogP contribution < -0.4 is 10.2 Å². The molecule has 0 unspecified atom stereocenters. The summed E-state index contributed by atoms with van der Waals surface area (Å²) in [7, 11) is 3.34. The van der Waals surface area contributed by atoms with Crippen molar-refractivity contribution in [3.63, 3.8) is 0 Å². The number of Topliss-reactive ketones (excluding diaryl/α,β-unsaturated/α-hetero) is 1. The summed E-state index contributed by atoms with van der Waals surface area (Å²) in [5.41, 5.74) is 0.752. The van der Waals surface area contributed by atoms with Crippen molar-refractivity contribution in [3.05, 3.63) is 63.7 Å². The van der Waals surface area contributed by atoms with Crippen molar-refractivity contribution in [2.24, 2.45) is 0 Å². The van der Waals surface area contributed by atoms with Crippen LogP contribution in [0.15, 0.2) is 42.5 Å². The van der Waals surface area contributed by atoms with Crippen LogP contribution in [0, 0.1) is 10.1 Å². The van der Waals surface area contributed by atoms with Crippen LogP contribution in [0.2, 0.25) is 0 Å². The van der Waals surface area contributed by atoms with Gasteiger partial charge in [0.15, 0.2) is 12.4 Å². The van der Waals surface area contributed by atoms with Crippen molar-refractivity contribution in [3.8, 4) is 0 Å². The molecule has 2 aromatic rings. The number of nitrogens with one attached hydrogen (secondary N) is 1. The molecular weight excluding hydrogens is 366 g/mol. The number of ether oxygens (including phenoxy) is 1. The van der Waals surface area contributed by atoms with E-state index < -0.39 is 23.4 Å². The Morgan fingerprint density at radius 1 is 1.11 bits per heavy atom. The standard InChI is InChI=1S/C19H19N3O6/c1-12(23)14-6-4-5-7-16(14)20-18(24)11-28-19(25)15-10-13(22(26)27)8-9-17(15)21(2)3/h4-10H,11H2,1-3H3,(H,20,24). The molecule has 9 heteroatoms. The van der Waals surface area contributed by atoms with Crippen molar-refractivity contribution in [2.75, 3.05) is 30.9 Å². The zero-order chi connectivity index (χ0) is 20.8. The van der Waals surface area contributed by atoms with Crippen molar-refractivity contribution in [1.29, 1.82) is 0 Å². The number of carbonyl (C=O) groups excluding carboxylic acids is 3. The fourth-order valence-electron chi connectivity index (χ4n) is 2.49. The topological polar surface area (TPSA) is 119 Å². The van der Waals surface area contributed by atoms with Crippen molar-refractivity contribution >= 4 is 34.7 Å². The van der Waals surface area contributed by atoms with Gasteiger partial charge in [-0.05, 0) is 25.1 Å². The second kappa shape index (κ2) is 8.76. The number of nitrogens with zero attached hydrogens (tertiary/aromatic N) is 2. The Hall–Kier alpha value is -3.75. The first kappa shape index (κ1) is 20.6. The van der Waals surface area contributed by atoms with Crippen molar-refractivity contribution < 1.29 is 24.0 Å². The first-order chi connectivity index (χ1) is 13.2. The lowest BCUT2D eigenvalue weighted by Gasteiger charge is -2.16. The van der Waals surface area contributed by atoms with Gasteiger partial charge in [0.2, 0.25) is 0 Å². The largest absolute Gasteiger partial charge is 0.452 e. The number of nitro groups is 1. The van der Waals surface area contributed by atoms with E-state index in [4.69, 9.17) is 4.74 Å². The Bertz CT molecular complexity index is 939. The van der Waals surface area contributed by atoms with Gasteiger partial charge in [-0.3, -0.25) is 19.7 Å². The molecule has 0 saturated heterocycles. The lowest BCUT2D eigenvalue weighted by molar-refractivity contribution is -0.384. The number of hydrogen-bond acceptors (Lipinski definition) is 7. The van der Waals surface area contributed by atoms with Gasteiger partial charge in [0.05, 0.1) is 21.9 Å². The Morgan fingerprint density at radius 3 is 2.39 bits per heavy atom. The van der Waals surface area contributed by atoms with E-state index in [0.717, 1.165) is 6.07 Å². The van der Waals surface area contributed by atoms with Crippen LogP contribution in [0.5, 0.6) is 0 Å². The van der Waals surface area contributed by atoms with Crippen LogP contribution >= 0.6 is 0 Å². The molecule has 28 heavy (non-hydrogen) atoms. The number of para-hydroxylation sites is 1. The maximum Gasteiger partial charge on any atom is 0.341 e. The summed E-state index contributed by atoms with van der Waals surface area (Å²) in [5.74, 6) is -1.73. The highest BCUT2D eigenvalue weighted by atomic mass is 16.6. The third-order valence-electron chi connectivity index (χ3n) is 3.81. The molecular formula is C19H19N3O6. The summed E-state index contributed by atoms with van der Waals surface area (Å²) in [5, 5.41) is 13.5. The highest BCUT2D eigenvalue weighted by Gasteiger charge is 2.20. The number of nitro benzene ring substituents is 1. The van der Waals surface area contributed by atoms with Crippen LogP contribution in [-0.2, 0) is 9.53 Å². The summed E-state index contributed by atoms with van der Waals surface area (Å²) in [6.45, 7) is 0.761. The number of non-ortho nitro benzene ring substituents is 1. The molecule has 1 amide bonds. The second-order valence-electron chi connectivity index (χ2n) is 6.08. The molecule has 0 aromatic heterocycles. The molecule has 0 aliphatic rings. The second-order valence-corrected chi connectivity index (χ2v) is 6.08. The molecule has 2 rings (SSSR count). The number of hydrogen-bond donors (Lipinski definition) is 1. The molecule has 0 fully saturated rings. The Balaban J connectivity index is 2.12. The van der Waals surface area contributed by atoms with Crippen molar-refractivity contribution in [1.82, 2.24) is 0 Å². The van der Waals surface area contributed by atoms with Crippen molar-refractivity contribution in [2.45, 2.75) is 6.92 Å².